The Kier molecular flexibility index (Phi) is 5.39. The Labute approximate surface area is 122 Å². The van der Waals surface area contributed by atoms with E-state index in [9.17, 15) is 9.59 Å². The van der Waals surface area contributed by atoms with E-state index in [0.717, 1.165) is 0 Å². The summed E-state index contributed by atoms with van der Waals surface area (Å²) in [5.74, 6) is 0.0653. The van der Waals surface area contributed by atoms with Crippen LogP contribution in [0.1, 0.15) is 31.1 Å². The summed E-state index contributed by atoms with van der Waals surface area (Å²) in [4.78, 5) is 22.4. The van der Waals surface area contributed by atoms with E-state index in [1.807, 2.05) is 0 Å². The standard InChI is InChI=1S/C14H17ClO5/c1-14(2,3)20-13(17)8-19-12-6-11(18-4)9(7-16)5-10(12)15/h5-7H,8H2,1-4H3. The van der Waals surface area contributed by atoms with Gasteiger partial charge in [0, 0.05) is 6.07 Å². The lowest BCUT2D eigenvalue weighted by Crippen LogP contribution is -2.27. The molecule has 1 aromatic rings. The topological polar surface area (TPSA) is 61.8 Å². The number of aldehydes is 1. The van der Waals surface area contributed by atoms with Gasteiger partial charge in [-0.05, 0) is 26.8 Å². The summed E-state index contributed by atoms with van der Waals surface area (Å²) in [6.07, 6.45) is 0.627. The Hall–Kier alpha value is -1.75. The minimum Gasteiger partial charge on any atom is -0.496 e. The Bertz CT molecular complexity index is 505. The maximum Gasteiger partial charge on any atom is 0.344 e. The molecule has 0 unspecified atom stereocenters. The normalized spacial score (nSPS) is 10.8. The summed E-state index contributed by atoms with van der Waals surface area (Å²) in [6, 6.07) is 2.87. The summed E-state index contributed by atoms with van der Waals surface area (Å²) in [5.41, 5.74) is -0.273. The second-order valence-corrected chi connectivity index (χ2v) is 5.42. The van der Waals surface area contributed by atoms with E-state index >= 15 is 0 Å². The first-order valence-electron chi connectivity index (χ1n) is 5.94. The molecule has 0 aliphatic carbocycles. The predicted octanol–water partition coefficient (Wildman–Crippen LogP) is 2.88. The van der Waals surface area contributed by atoms with E-state index in [0.29, 0.717) is 17.6 Å². The first-order chi connectivity index (χ1) is 9.26. The zero-order valence-corrected chi connectivity index (χ0v) is 12.6. The summed E-state index contributed by atoms with van der Waals surface area (Å²) in [7, 11) is 1.42. The number of rotatable bonds is 5. The van der Waals surface area contributed by atoms with E-state index in [1.165, 1.54) is 19.2 Å². The summed E-state index contributed by atoms with van der Waals surface area (Å²) >= 11 is 5.96. The molecule has 1 rings (SSSR count). The number of methoxy groups -OCH3 is 1. The number of benzene rings is 1. The Morgan fingerprint density at radius 3 is 2.45 bits per heavy atom. The van der Waals surface area contributed by atoms with Crippen LogP contribution in [0.2, 0.25) is 5.02 Å². The number of hydrogen-bond acceptors (Lipinski definition) is 5. The van der Waals surface area contributed by atoms with Gasteiger partial charge in [0.2, 0.25) is 0 Å². The van der Waals surface area contributed by atoms with E-state index in [1.54, 1.807) is 20.8 Å². The molecule has 1 aromatic carbocycles. The molecule has 0 saturated heterocycles. The van der Waals surface area contributed by atoms with Crippen molar-refractivity contribution in [2.24, 2.45) is 0 Å². The molecule has 6 heteroatoms. The molecule has 0 heterocycles. The van der Waals surface area contributed by atoms with Crippen LogP contribution in [0.4, 0.5) is 0 Å². The van der Waals surface area contributed by atoms with Crippen LogP contribution in [0.5, 0.6) is 11.5 Å². The highest BCUT2D eigenvalue weighted by Gasteiger charge is 2.17. The van der Waals surface area contributed by atoms with Crippen LogP contribution in [0, 0.1) is 0 Å². The molecule has 0 aromatic heterocycles. The average Bonchev–Trinajstić information content (AvgIpc) is 2.34. The molecule has 0 fully saturated rings. The number of hydrogen-bond donors (Lipinski definition) is 0. The van der Waals surface area contributed by atoms with Gasteiger partial charge in [0.25, 0.3) is 0 Å². The van der Waals surface area contributed by atoms with Gasteiger partial charge in [0.05, 0.1) is 17.7 Å². The molecule has 0 aliphatic heterocycles. The highest BCUT2D eigenvalue weighted by molar-refractivity contribution is 6.32. The molecule has 0 saturated carbocycles. The molecule has 0 bridgehead atoms. The van der Waals surface area contributed by atoms with Crippen molar-refractivity contribution in [1.82, 2.24) is 0 Å². The lowest BCUT2D eigenvalue weighted by atomic mass is 10.2. The van der Waals surface area contributed by atoms with E-state index < -0.39 is 11.6 Å². The molecule has 20 heavy (non-hydrogen) atoms. The third kappa shape index (κ3) is 4.74. The van der Waals surface area contributed by atoms with Crippen molar-refractivity contribution >= 4 is 23.9 Å². The van der Waals surface area contributed by atoms with Crippen LogP contribution >= 0.6 is 11.6 Å². The fraction of sp³-hybridized carbons (Fsp3) is 0.429. The summed E-state index contributed by atoms with van der Waals surface area (Å²) < 4.78 is 15.4. The van der Waals surface area contributed by atoms with E-state index in [-0.39, 0.29) is 17.4 Å². The van der Waals surface area contributed by atoms with Gasteiger partial charge in [-0.15, -0.1) is 0 Å². The number of ether oxygens (including phenoxy) is 3. The van der Waals surface area contributed by atoms with Crippen LogP contribution in [0.15, 0.2) is 12.1 Å². The number of carbonyl (C=O) groups excluding carboxylic acids is 2. The van der Waals surface area contributed by atoms with Gasteiger partial charge in [-0.3, -0.25) is 4.79 Å². The van der Waals surface area contributed by atoms with Crippen LogP contribution in [-0.2, 0) is 9.53 Å². The largest absolute Gasteiger partial charge is 0.496 e. The number of esters is 1. The molecule has 5 nitrogen and oxygen atoms in total. The third-order valence-corrected chi connectivity index (χ3v) is 2.47. The lowest BCUT2D eigenvalue weighted by Gasteiger charge is -2.19. The predicted molar refractivity (Wildman–Crippen MR) is 74.7 cm³/mol. The smallest absolute Gasteiger partial charge is 0.344 e. The van der Waals surface area contributed by atoms with Gasteiger partial charge in [0.1, 0.15) is 17.1 Å². The fourth-order valence-electron chi connectivity index (χ4n) is 1.44. The van der Waals surface area contributed by atoms with E-state index in [4.69, 9.17) is 25.8 Å². The van der Waals surface area contributed by atoms with Gasteiger partial charge in [-0.2, -0.15) is 0 Å². The first kappa shape index (κ1) is 16.3. The van der Waals surface area contributed by atoms with Crippen molar-refractivity contribution < 1.29 is 23.8 Å². The average molecular weight is 301 g/mol. The van der Waals surface area contributed by atoms with Crippen molar-refractivity contribution in [3.05, 3.63) is 22.7 Å². The monoisotopic (exact) mass is 300 g/mol. The quantitative estimate of drug-likeness (QED) is 0.618. The van der Waals surface area contributed by atoms with Crippen molar-refractivity contribution in [1.29, 1.82) is 0 Å². The third-order valence-electron chi connectivity index (χ3n) is 2.18. The lowest BCUT2D eigenvalue weighted by molar-refractivity contribution is -0.157. The second kappa shape index (κ2) is 6.61. The summed E-state index contributed by atoms with van der Waals surface area (Å²) in [6.45, 7) is 5.01. The second-order valence-electron chi connectivity index (χ2n) is 5.02. The summed E-state index contributed by atoms with van der Waals surface area (Å²) in [5, 5.41) is 0.219. The highest BCUT2D eigenvalue weighted by Crippen LogP contribution is 2.32. The molecular formula is C14H17ClO5. The molecule has 0 spiro atoms. The molecule has 0 N–H and O–H groups in total. The SMILES string of the molecule is COc1cc(OCC(=O)OC(C)(C)C)c(Cl)cc1C=O. The van der Waals surface area contributed by atoms with Gasteiger partial charge in [-0.1, -0.05) is 11.6 Å². The molecule has 0 atom stereocenters. The van der Waals surface area contributed by atoms with Crippen LogP contribution in [-0.4, -0.2) is 31.6 Å². The van der Waals surface area contributed by atoms with Crippen molar-refractivity contribution in [2.75, 3.05) is 13.7 Å². The van der Waals surface area contributed by atoms with Crippen LogP contribution < -0.4 is 9.47 Å². The molecule has 110 valence electrons. The Balaban J connectivity index is 2.78. The van der Waals surface area contributed by atoms with Crippen molar-refractivity contribution in [3.8, 4) is 11.5 Å². The molecule has 0 radical (unpaired) electrons. The molecular weight excluding hydrogens is 284 g/mol. The van der Waals surface area contributed by atoms with Gasteiger partial charge in [-0.25, -0.2) is 4.79 Å². The Morgan fingerprint density at radius 2 is 1.95 bits per heavy atom. The van der Waals surface area contributed by atoms with E-state index in [2.05, 4.69) is 0 Å². The minimum absolute atomic E-state index is 0.219. The van der Waals surface area contributed by atoms with Crippen LogP contribution in [0.25, 0.3) is 0 Å². The van der Waals surface area contributed by atoms with Crippen molar-refractivity contribution in [3.63, 3.8) is 0 Å². The Morgan fingerprint density at radius 1 is 1.30 bits per heavy atom. The number of carbonyl (C=O) groups is 2. The first-order valence-corrected chi connectivity index (χ1v) is 6.32. The molecule has 0 aliphatic rings. The van der Waals surface area contributed by atoms with Gasteiger partial charge < -0.3 is 14.2 Å². The molecule has 0 amide bonds. The van der Waals surface area contributed by atoms with Gasteiger partial charge in [0.15, 0.2) is 12.9 Å². The van der Waals surface area contributed by atoms with Gasteiger partial charge >= 0.3 is 5.97 Å². The highest BCUT2D eigenvalue weighted by atomic mass is 35.5. The van der Waals surface area contributed by atoms with Crippen molar-refractivity contribution in [2.45, 2.75) is 26.4 Å². The fourth-order valence-corrected chi connectivity index (χ4v) is 1.66. The number of halogens is 1. The maximum absolute atomic E-state index is 11.5. The maximum atomic E-state index is 11.5. The zero-order valence-electron chi connectivity index (χ0n) is 11.9. The van der Waals surface area contributed by atoms with Crippen LogP contribution in [0.3, 0.4) is 0 Å². The zero-order chi connectivity index (χ0) is 15.3. The minimum atomic E-state index is -0.580.